The van der Waals surface area contributed by atoms with Gasteiger partial charge in [-0.3, -0.25) is 4.79 Å². The summed E-state index contributed by atoms with van der Waals surface area (Å²) in [7, 11) is 0. The van der Waals surface area contributed by atoms with Crippen LogP contribution in [-0.4, -0.2) is 52.7 Å². The third kappa shape index (κ3) is 7.05. The van der Waals surface area contributed by atoms with Crippen LogP contribution in [0.15, 0.2) is 53.3 Å². The molecule has 1 heterocycles. The Kier molecular flexibility index (Phi) is 9.48. The van der Waals surface area contributed by atoms with Crippen LogP contribution in [0.3, 0.4) is 0 Å². The topological polar surface area (TPSA) is 60.6 Å². The number of thiocarbonyl (C=S) groups is 1. The lowest BCUT2D eigenvalue weighted by atomic mass is 10.1. The molecule has 0 aliphatic heterocycles. The maximum absolute atomic E-state index is 12.9. The molecule has 0 saturated heterocycles. The van der Waals surface area contributed by atoms with Gasteiger partial charge in [0.2, 0.25) is 0 Å². The summed E-state index contributed by atoms with van der Waals surface area (Å²) in [5.41, 5.74) is 3.50. The SMILES string of the molecule is CCOc1ccc(NC(=S)N(CCCN(CC)CC)Cc2cc3ccc(C)cc3[nH]c2=O)cc1. The smallest absolute Gasteiger partial charge is 0.253 e. The number of aryl methyl sites for hydroxylation is 1. The lowest BCUT2D eigenvalue weighted by Crippen LogP contribution is -2.38. The van der Waals surface area contributed by atoms with E-state index in [4.69, 9.17) is 17.0 Å². The largest absolute Gasteiger partial charge is 0.494 e. The van der Waals surface area contributed by atoms with Crippen LogP contribution in [0.2, 0.25) is 0 Å². The van der Waals surface area contributed by atoms with Crippen LogP contribution in [0, 0.1) is 6.92 Å². The summed E-state index contributed by atoms with van der Waals surface area (Å²) in [5, 5.41) is 4.96. The number of fused-ring (bicyclic) bond motifs is 1. The number of pyridine rings is 1. The first kappa shape index (κ1) is 25.7. The molecule has 2 N–H and O–H groups in total. The molecule has 0 aliphatic carbocycles. The molecule has 0 saturated carbocycles. The van der Waals surface area contributed by atoms with E-state index < -0.39 is 0 Å². The number of benzene rings is 2. The molecule has 0 fully saturated rings. The highest BCUT2D eigenvalue weighted by Crippen LogP contribution is 2.18. The molecule has 0 aliphatic rings. The Hall–Kier alpha value is -2.90. The van der Waals surface area contributed by atoms with E-state index >= 15 is 0 Å². The number of aromatic nitrogens is 1. The van der Waals surface area contributed by atoms with Crippen LogP contribution in [-0.2, 0) is 6.54 Å². The normalized spacial score (nSPS) is 11.1. The van der Waals surface area contributed by atoms with Crippen LogP contribution in [0.25, 0.3) is 10.9 Å². The first-order valence-electron chi connectivity index (χ1n) is 12.1. The predicted octanol–water partition coefficient (Wildman–Crippen LogP) is 5.17. The first-order chi connectivity index (χ1) is 16.4. The van der Waals surface area contributed by atoms with Gasteiger partial charge in [-0.1, -0.05) is 26.0 Å². The molecule has 2 aromatic carbocycles. The molecular weight excluding hydrogens is 444 g/mol. The summed E-state index contributed by atoms with van der Waals surface area (Å²) in [4.78, 5) is 20.4. The van der Waals surface area contributed by atoms with Gasteiger partial charge < -0.3 is 24.8 Å². The van der Waals surface area contributed by atoms with Gasteiger partial charge in [0, 0.05) is 23.3 Å². The Bertz CT molecular complexity index is 1140. The molecule has 0 bridgehead atoms. The van der Waals surface area contributed by atoms with Gasteiger partial charge in [-0.2, -0.15) is 0 Å². The molecular formula is C27H36N4O2S. The van der Waals surface area contributed by atoms with E-state index in [1.165, 1.54) is 0 Å². The summed E-state index contributed by atoms with van der Waals surface area (Å²) in [6.45, 7) is 13.2. The van der Waals surface area contributed by atoms with E-state index in [0.717, 1.165) is 60.5 Å². The molecule has 0 radical (unpaired) electrons. The maximum Gasteiger partial charge on any atom is 0.253 e. The summed E-state index contributed by atoms with van der Waals surface area (Å²) in [6, 6.07) is 15.8. The van der Waals surface area contributed by atoms with Crippen molar-refractivity contribution in [3.05, 3.63) is 70.0 Å². The average molecular weight is 481 g/mol. The maximum atomic E-state index is 12.9. The molecule has 3 aromatic rings. The molecule has 7 heteroatoms. The fourth-order valence-corrected chi connectivity index (χ4v) is 4.24. The highest BCUT2D eigenvalue weighted by atomic mass is 32.1. The number of nitrogens with zero attached hydrogens (tertiary/aromatic N) is 2. The number of ether oxygens (including phenoxy) is 1. The Labute approximate surface area is 207 Å². The Morgan fingerprint density at radius 3 is 2.44 bits per heavy atom. The Morgan fingerprint density at radius 1 is 1.03 bits per heavy atom. The fourth-order valence-electron chi connectivity index (χ4n) is 3.96. The van der Waals surface area contributed by atoms with E-state index in [9.17, 15) is 4.79 Å². The van der Waals surface area contributed by atoms with Gasteiger partial charge in [0.05, 0.1) is 13.2 Å². The van der Waals surface area contributed by atoms with Gasteiger partial charge in [-0.25, -0.2) is 0 Å². The minimum atomic E-state index is -0.0734. The third-order valence-electron chi connectivity index (χ3n) is 5.94. The number of nitrogens with one attached hydrogen (secondary N) is 2. The van der Waals surface area contributed by atoms with Gasteiger partial charge in [-0.15, -0.1) is 0 Å². The summed E-state index contributed by atoms with van der Waals surface area (Å²) >= 11 is 5.79. The summed E-state index contributed by atoms with van der Waals surface area (Å²) < 4.78 is 5.53. The second kappa shape index (κ2) is 12.5. The number of H-pyrrole nitrogens is 1. The standard InChI is InChI=1S/C27H36N4O2S/c1-5-30(6-2)15-8-16-31(27(34)28-23-11-13-24(14-12-23)33-7-3)19-22-18-21-10-9-20(4)17-25(21)29-26(22)32/h9-14,17-18H,5-8,15-16,19H2,1-4H3,(H,28,34)(H,29,32). The van der Waals surface area contributed by atoms with E-state index in [1.807, 2.05) is 56.3 Å². The summed E-state index contributed by atoms with van der Waals surface area (Å²) in [5.74, 6) is 0.827. The first-order valence-corrected chi connectivity index (χ1v) is 12.5. The predicted molar refractivity (Wildman–Crippen MR) is 146 cm³/mol. The van der Waals surface area contributed by atoms with Gasteiger partial charge >= 0.3 is 0 Å². The number of anilines is 1. The van der Waals surface area contributed by atoms with E-state index in [1.54, 1.807) is 0 Å². The van der Waals surface area contributed by atoms with Crippen LogP contribution >= 0.6 is 12.2 Å². The van der Waals surface area contributed by atoms with Crippen molar-refractivity contribution in [2.45, 2.75) is 40.7 Å². The lowest BCUT2D eigenvalue weighted by Gasteiger charge is -2.27. The number of hydrogen-bond acceptors (Lipinski definition) is 4. The zero-order chi connectivity index (χ0) is 24.5. The monoisotopic (exact) mass is 480 g/mol. The molecule has 1 aromatic heterocycles. The van der Waals surface area contributed by atoms with E-state index in [0.29, 0.717) is 23.8 Å². The molecule has 0 spiro atoms. The highest BCUT2D eigenvalue weighted by molar-refractivity contribution is 7.80. The number of aromatic amines is 1. The van der Waals surface area contributed by atoms with Crippen LogP contribution in [0.1, 0.15) is 38.3 Å². The molecule has 3 rings (SSSR count). The van der Waals surface area contributed by atoms with Crippen molar-refractivity contribution >= 4 is 33.9 Å². The van der Waals surface area contributed by atoms with Crippen molar-refractivity contribution < 1.29 is 4.74 Å². The minimum Gasteiger partial charge on any atom is -0.494 e. The molecule has 34 heavy (non-hydrogen) atoms. The van der Waals surface area contributed by atoms with E-state index in [2.05, 4.69) is 40.0 Å². The molecule has 182 valence electrons. The van der Waals surface area contributed by atoms with Crippen molar-refractivity contribution in [1.82, 2.24) is 14.8 Å². The quantitative estimate of drug-likeness (QED) is 0.370. The van der Waals surface area contributed by atoms with Crippen molar-refractivity contribution in [3.63, 3.8) is 0 Å². The van der Waals surface area contributed by atoms with Crippen molar-refractivity contribution in [2.75, 3.05) is 38.1 Å². The van der Waals surface area contributed by atoms with Crippen molar-refractivity contribution in [1.29, 1.82) is 0 Å². The van der Waals surface area contributed by atoms with Crippen LogP contribution in [0.5, 0.6) is 5.75 Å². The minimum absolute atomic E-state index is 0.0734. The van der Waals surface area contributed by atoms with Crippen LogP contribution < -0.4 is 15.6 Å². The highest BCUT2D eigenvalue weighted by Gasteiger charge is 2.14. The fraction of sp³-hybridized carbons (Fsp3) is 0.407. The van der Waals surface area contributed by atoms with Crippen molar-refractivity contribution in [2.24, 2.45) is 0 Å². The van der Waals surface area contributed by atoms with Gasteiger partial charge in [-0.05, 0) is 99.5 Å². The Morgan fingerprint density at radius 2 is 1.76 bits per heavy atom. The lowest BCUT2D eigenvalue weighted by molar-refractivity contribution is 0.281. The van der Waals surface area contributed by atoms with Gasteiger partial charge in [0.1, 0.15) is 5.75 Å². The molecule has 0 unspecified atom stereocenters. The molecule has 6 nitrogen and oxygen atoms in total. The van der Waals surface area contributed by atoms with Gasteiger partial charge in [0.15, 0.2) is 5.11 Å². The zero-order valence-corrected chi connectivity index (χ0v) is 21.5. The molecule has 0 amide bonds. The summed E-state index contributed by atoms with van der Waals surface area (Å²) in [6.07, 6.45) is 0.956. The number of hydrogen-bond donors (Lipinski definition) is 2. The van der Waals surface area contributed by atoms with Crippen LogP contribution in [0.4, 0.5) is 5.69 Å². The second-order valence-corrected chi connectivity index (χ2v) is 8.79. The second-order valence-electron chi connectivity index (χ2n) is 8.40. The zero-order valence-electron chi connectivity index (χ0n) is 20.7. The number of rotatable bonds is 11. The Balaban J connectivity index is 1.79. The third-order valence-corrected chi connectivity index (χ3v) is 6.30. The van der Waals surface area contributed by atoms with Gasteiger partial charge in [0.25, 0.3) is 5.56 Å². The average Bonchev–Trinajstić information content (AvgIpc) is 2.83. The van der Waals surface area contributed by atoms with E-state index in [-0.39, 0.29) is 5.56 Å². The van der Waals surface area contributed by atoms with Crippen molar-refractivity contribution in [3.8, 4) is 5.75 Å². The molecule has 0 atom stereocenters.